The van der Waals surface area contributed by atoms with E-state index in [9.17, 15) is 0 Å². The lowest BCUT2D eigenvalue weighted by molar-refractivity contribution is -0.187. The molecule has 1 fully saturated rings. The standard InChI is InChI=1S/C15H16O2/c1-3-7-13(8-4-1)14-9-11-15(17-14)10-5-2-6-12-16-15/h1,3-4,7-8,14H,2,6,9,11-12H2/t14-,15-/m1/s1. The predicted octanol–water partition coefficient (Wildman–Crippen LogP) is 3.05. The van der Waals surface area contributed by atoms with E-state index in [4.69, 9.17) is 9.47 Å². The Morgan fingerprint density at radius 2 is 2.12 bits per heavy atom. The van der Waals surface area contributed by atoms with E-state index >= 15 is 0 Å². The molecule has 0 radical (unpaired) electrons. The van der Waals surface area contributed by atoms with Crippen LogP contribution in [-0.4, -0.2) is 12.4 Å². The first kappa shape index (κ1) is 10.8. The minimum Gasteiger partial charge on any atom is -0.340 e. The van der Waals surface area contributed by atoms with Gasteiger partial charge in [0.15, 0.2) is 0 Å². The third-order valence-electron chi connectivity index (χ3n) is 3.30. The summed E-state index contributed by atoms with van der Waals surface area (Å²) in [5.74, 6) is 5.69. The molecule has 0 aliphatic carbocycles. The maximum absolute atomic E-state index is 6.06. The minimum atomic E-state index is -0.628. The van der Waals surface area contributed by atoms with Crippen molar-refractivity contribution in [3.63, 3.8) is 0 Å². The van der Waals surface area contributed by atoms with Gasteiger partial charge in [0.05, 0.1) is 12.7 Å². The molecule has 2 nitrogen and oxygen atoms in total. The van der Waals surface area contributed by atoms with Crippen LogP contribution in [0.2, 0.25) is 0 Å². The van der Waals surface area contributed by atoms with Gasteiger partial charge in [-0.25, -0.2) is 0 Å². The molecule has 3 rings (SSSR count). The van der Waals surface area contributed by atoms with Crippen molar-refractivity contribution in [2.45, 2.75) is 37.6 Å². The second-order valence-electron chi connectivity index (χ2n) is 4.56. The molecule has 2 atom stereocenters. The van der Waals surface area contributed by atoms with Crippen molar-refractivity contribution in [1.82, 2.24) is 0 Å². The molecular formula is C15H16O2. The summed E-state index contributed by atoms with van der Waals surface area (Å²) in [6.07, 6.45) is 3.91. The van der Waals surface area contributed by atoms with Gasteiger partial charge in [-0.15, -0.1) is 0 Å². The van der Waals surface area contributed by atoms with Crippen LogP contribution in [0, 0.1) is 11.8 Å². The summed E-state index contributed by atoms with van der Waals surface area (Å²) in [7, 11) is 0. The van der Waals surface area contributed by atoms with Crippen molar-refractivity contribution >= 4 is 0 Å². The highest BCUT2D eigenvalue weighted by Crippen LogP contribution is 2.40. The third kappa shape index (κ3) is 2.22. The van der Waals surface area contributed by atoms with E-state index in [1.165, 1.54) is 5.56 Å². The van der Waals surface area contributed by atoms with Crippen LogP contribution in [0.3, 0.4) is 0 Å². The van der Waals surface area contributed by atoms with E-state index in [2.05, 4.69) is 24.0 Å². The number of hydrogen-bond acceptors (Lipinski definition) is 2. The largest absolute Gasteiger partial charge is 0.340 e. The highest BCUT2D eigenvalue weighted by atomic mass is 16.7. The van der Waals surface area contributed by atoms with Crippen LogP contribution in [0.15, 0.2) is 30.3 Å². The van der Waals surface area contributed by atoms with Crippen LogP contribution in [0.4, 0.5) is 0 Å². The topological polar surface area (TPSA) is 18.5 Å². The van der Waals surface area contributed by atoms with Crippen LogP contribution >= 0.6 is 0 Å². The molecule has 0 saturated carbocycles. The Hall–Kier alpha value is -1.30. The molecule has 1 spiro atoms. The SMILES string of the molecule is C1#C[C@@]2(CC[C@H](c3ccccc3)O2)OCCC1. The Kier molecular flexibility index (Phi) is 2.88. The quantitative estimate of drug-likeness (QED) is 0.688. The highest BCUT2D eigenvalue weighted by molar-refractivity contribution is 5.21. The van der Waals surface area contributed by atoms with Gasteiger partial charge in [-0.2, -0.15) is 0 Å². The van der Waals surface area contributed by atoms with Gasteiger partial charge >= 0.3 is 0 Å². The fourth-order valence-electron chi connectivity index (χ4n) is 2.40. The normalized spacial score (nSPS) is 31.9. The average Bonchev–Trinajstić information content (AvgIpc) is 2.65. The predicted molar refractivity (Wildman–Crippen MR) is 65.2 cm³/mol. The Morgan fingerprint density at radius 1 is 1.24 bits per heavy atom. The van der Waals surface area contributed by atoms with Crippen molar-refractivity contribution in [2.24, 2.45) is 0 Å². The lowest BCUT2D eigenvalue weighted by Gasteiger charge is -2.23. The molecule has 1 aromatic rings. The number of benzene rings is 1. The molecule has 1 aromatic carbocycles. The molecule has 0 bridgehead atoms. The lowest BCUT2D eigenvalue weighted by atomic mass is 10.1. The molecule has 2 aliphatic heterocycles. The summed E-state index contributed by atoms with van der Waals surface area (Å²) in [6.45, 7) is 0.738. The molecule has 1 saturated heterocycles. The molecule has 2 heteroatoms. The van der Waals surface area contributed by atoms with Crippen LogP contribution in [0.1, 0.15) is 37.4 Å². The van der Waals surface area contributed by atoms with Gasteiger partial charge in [0.2, 0.25) is 5.79 Å². The second kappa shape index (κ2) is 4.52. The first-order valence-corrected chi connectivity index (χ1v) is 6.25. The van der Waals surface area contributed by atoms with Crippen LogP contribution < -0.4 is 0 Å². The van der Waals surface area contributed by atoms with Crippen LogP contribution in [0.5, 0.6) is 0 Å². The molecule has 0 unspecified atom stereocenters. The van der Waals surface area contributed by atoms with Gasteiger partial charge in [0.1, 0.15) is 0 Å². The van der Waals surface area contributed by atoms with Gasteiger partial charge in [-0.05, 0) is 24.3 Å². The Morgan fingerprint density at radius 3 is 3.00 bits per heavy atom. The third-order valence-corrected chi connectivity index (χ3v) is 3.30. The second-order valence-corrected chi connectivity index (χ2v) is 4.56. The van der Waals surface area contributed by atoms with E-state index in [1.807, 2.05) is 18.2 Å². The van der Waals surface area contributed by atoms with Crippen molar-refractivity contribution in [1.29, 1.82) is 0 Å². The molecule has 0 amide bonds. The fraction of sp³-hybridized carbons (Fsp3) is 0.467. The van der Waals surface area contributed by atoms with E-state index in [0.29, 0.717) is 0 Å². The first-order chi connectivity index (χ1) is 8.38. The Balaban J connectivity index is 1.78. The molecule has 17 heavy (non-hydrogen) atoms. The molecule has 2 heterocycles. The average molecular weight is 228 g/mol. The zero-order chi connectivity index (χ0) is 11.6. The summed E-state index contributed by atoms with van der Waals surface area (Å²) >= 11 is 0. The molecule has 2 aliphatic rings. The zero-order valence-corrected chi connectivity index (χ0v) is 9.82. The summed E-state index contributed by atoms with van der Waals surface area (Å²) < 4.78 is 11.9. The maximum atomic E-state index is 6.06. The van der Waals surface area contributed by atoms with Crippen LogP contribution in [0.25, 0.3) is 0 Å². The smallest absolute Gasteiger partial charge is 0.234 e. The van der Waals surface area contributed by atoms with Crippen LogP contribution in [-0.2, 0) is 9.47 Å². The summed E-state index contributed by atoms with van der Waals surface area (Å²) in [5, 5.41) is 0. The van der Waals surface area contributed by atoms with Gasteiger partial charge in [-0.1, -0.05) is 36.3 Å². The molecule has 0 N–H and O–H groups in total. The number of rotatable bonds is 1. The zero-order valence-electron chi connectivity index (χ0n) is 9.82. The van der Waals surface area contributed by atoms with E-state index in [1.54, 1.807) is 0 Å². The monoisotopic (exact) mass is 228 g/mol. The molecule has 88 valence electrons. The van der Waals surface area contributed by atoms with Gasteiger partial charge in [0.25, 0.3) is 0 Å². The fourth-order valence-corrected chi connectivity index (χ4v) is 2.40. The van der Waals surface area contributed by atoms with Gasteiger partial charge < -0.3 is 9.47 Å². The van der Waals surface area contributed by atoms with E-state index < -0.39 is 5.79 Å². The van der Waals surface area contributed by atoms with Crippen molar-refractivity contribution in [3.8, 4) is 11.8 Å². The molecule has 0 aromatic heterocycles. The van der Waals surface area contributed by atoms with Crippen molar-refractivity contribution in [3.05, 3.63) is 35.9 Å². The Bertz CT molecular complexity index is 443. The first-order valence-electron chi connectivity index (χ1n) is 6.25. The minimum absolute atomic E-state index is 0.128. The van der Waals surface area contributed by atoms with E-state index in [0.717, 1.165) is 32.3 Å². The maximum Gasteiger partial charge on any atom is 0.234 e. The summed E-state index contributed by atoms with van der Waals surface area (Å²) in [6, 6.07) is 10.3. The number of hydrogen-bond donors (Lipinski definition) is 0. The van der Waals surface area contributed by atoms with E-state index in [-0.39, 0.29) is 6.10 Å². The van der Waals surface area contributed by atoms with Gasteiger partial charge in [0, 0.05) is 12.8 Å². The lowest BCUT2D eigenvalue weighted by Crippen LogP contribution is -2.29. The number of ether oxygens (including phenoxy) is 2. The highest BCUT2D eigenvalue weighted by Gasteiger charge is 2.41. The van der Waals surface area contributed by atoms with Crippen molar-refractivity contribution in [2.75, 3.05) is 6.61 Å². The molecular weight excluding hydrogens is 212 g/mol. The Labute approximate surface area is 102 Å². The summed E-state index contributed by atoms with van der Waals surface area (Å²) in [4.78, 5) is 0. The van der Waals surface area contributed by atoms with Crippen molar-refractivity contribution < 1.29 is 9.47 Å². The summed E-state index contributed by atoms with van der Waals surface area (Å²) in [5.41, 5.74) is 1.22. The van der Waals surface area contributed by atoms with Gasteiger partial charge in [-0.3, -0.25) is 0 Å².